The molecule has 5 rings (SSSR count). The molecule has 0 saturated carbocycles. The fourth-order valence-electron chi connectivity index (χ4n) is 4.93. The van der Waals surface area contributed by atoms with Crippen molar-refractivity contribution < 1.29 is 33.2 Å². The van der Waals surface area contributed by atoms with Crippen LogP contribution in [-0.4, -0.2) is 47.1 Å². The van der Waals surface area contributed by atoms with Gasteiger partial charge in [-0.2, -0.15) is 0 Å². The van der Waals surface area contributed by atoms with E-state index in [4.69, 9.17) is 28.4 Å². The molecule has 7 heteroatoms. The third kappa shape index (κ3) is 2.83. The van der Waals surface area contributed by atoms with Gasteiger partial charge in [0.05, 0.1) is 33.9 Å². The average molecular weight is 412 g/mol. The molecule has 2 aliphatic heterocycles. The summed E-state index contributed by atoms with van der Waals surface area (Å²) in [5.41, 5.74) is 3.11. The zero-order chi connectivity index (χ0) is 20.8. The first-order chi connectivity index (χ1) is 14.6. The molecule has 2 heterocycles. The van der Waals surface area contributed by atoms with Crippen molar-refractivity contribution in [2.24, 2.45) is 11.8 Å². The Kier molecular flexibility index (Phi) is 4.60. The first-order valence-electron chi connectivity index (χ1n) is 10.0. The number of methoxy groups -OCH3 is 3. The Morgan fingerprint density at radius 3 is 2.17 bits per heavy atom. The van der Waals surface area contributed by atoms with E-state index in [1.807, 2.05) is 24.3 Å². The minimum atomic E-state index is -0.275. The Hall–Kier alpha value is -3.09. The molecule has 0 unspecified atom stereocenters. The van der Waals surface area contributed by atoms with Gasteiger partial charge in [0.25, 0.3) is 0 Å². The third-order valence-corrected chi connectivity index (χ3v) is 6.25. The van der Waals surface area contributed by atoms with E-state index in [1.54, 1.807) is 21.3 Å². The van der Waals surface area contributed by atoms with Gasteiger partial charge in [-0.05, 0) is 47.4 Å². The van der Waals surface area contributed by atoms with E-state index < -0.39 is 0 Å². The number of carbonyl (C=O) groups excluding carboxylic acids is 1. The van der Waals surface area contributed by atoms with Crippen LogP contribution in [0.4, 0.5) is 0 Å². The van der Waals surface area contributed by atoms with E-state index in [9.17, 15) is 4.79 Å². The number of esters is 1. The van der Waals surface area contributed by atoms with Crippen molar-refractivity contribution in [3.05, 3.63) is 41.0 Å². The van der Waals surface area contributed by atoms with Gasteiger partial charge in [0, 0.05) is 11.8 Å². The Bertz CT molecular complexity index is 974. The molecule has 2 aromatic rings. The lowest BCUT2D eigenvalue weighted by Crippen LogP contribution is -2.32. The Balaban J connectivity index is 1.71. The van der Waals surface area contributed by atoms with E-state index in [1.165, 1.54) is 0 Å². The molecule has 1 aliphatic carbocycles. The lowest BCUT2D eigenvalue weighted by atomic mass is 9.67. The Labute approximate surface area is 174 Å². The standard InChI is InChI=1S/C23H24O7/c1-25-18-8-13(9-19(26-2)22(18)27-3)20-15-10-17-16(28-4-5-29-17)7-12(15)6-14-11-30-23(24)21(14)20/h7-10,14,20-21H,4-6,11H2,1-3H3/t14-,20+,21-/m0/s1. The van der Waals surface area contributed by atoms with Crippen molar-refractivity contribution in [1.29, 1.82) is 0 Å². The molecule has 158 valence electrons. The number of benzene rings is 2. The van der Waals surface area contributed by atoms with Crippen LogP contribution in [0.2, 0.25) is 0 Å². The third-order valence-electron chi connectivity index (χ3n) is 6.25. The molecule has 3 atom stereocenters. The van der Waals surface area contributed by atoms with Crippen molar-refractivity contribution in [1.82, 2.24) is 0 Å². The van der Waals surface area contributed by atoms with Crippen LogP contribution in [0.5, 0.6) is 28.7 Å². The number of ether oxygens (including phenoxy) is 6. The second-order valence-corrected chi connectivity index (χ2v) is 7.75. The van der Waals surface area contributed by atoms with Gasteiger partial charge >= 0.3 is 5.97 Å². The molecule has 7 nitrogen and oxygen atoms in total. The maximum atomic E-state index is 12.8. The number of rotatable bonds is 4. The summed E-state index contributed by atoms with van der Waals surface area (Å²) >= 11 is 0. The van der Waals surface area contributed by atoms with Crippen LogP contribution < -0.4 is 23.7 Å². The van der Waals surface area contributed by atoms with Crippen molar-refractivity contribution in [2.75, 3.05) is 41.2 Å². The second kappa shape index (κ2) is 7.31. The molecule has 1 saturated heterocycles. The van der Waals surface area contributed by atoms with Crippen LogP contribution >= 0.6 is 0 Å². The predicted octanol–water partition coefficient (Wildman–Crippen LogP) is 2.96. The first-order valence-corrected chi connectivity index (χ1v) is 10.0. The van der Waals surface area contributed by atoms with Crippen LogP contribution in [0.25, 0.3) is 0 Å². The highest BCUT2D eigenvalue weighted by atomic mass is 16.6. The highest BCUT2D eigenvalue weighted by Gasteiger charge is 2.48. The number of hydrogen-bond donors (Lipinski definition) is 0. The molecule has 30 heavy (non-hydrogen) atoms. The lowest BCUT2D eigenvalue weighted by Gasteiger charge is -2.35. The van der Waals surface area contributed by atoms with Crippen molar-refractivity contribution in [3.63, 3.8) is 0 Å². The molecule has 0 amide bonds. The zero-order valence-corrected chi connectivity index (χ0v) is 17.2. The van der Waals surface area contributed by atoms with Gasteiger partial charge in [-0.25, -0.2) is 0 Å². The number of fused-ring (bicyclic) bond motifs is 3. The maximum Gasteiger partial charge on any atom is 0.310 e. The fraction of sp³-hybridized carbons (Fsp3) is 0.435. The molecular formula is C23H24O7. The maximum absolute atomic E-state index is 12.8. The highest BCUT2D eigenvalue weighted by molar-refractivity contribution is 5.78. The van der Waals surface area contributed by atoms with E-state index in [0.29, 0.717) is 42.8 Å². The van der Waals surface area contributed by atoms with E-state index >= 15 is 0 Å². The summed E-state index contributed by atoms with van der Waals surface area (Å²) in [7, 11) is 4.75. The van der Waals surface area contributed by atoms with Gasteiger partial charge < -0.3 is 28.4 Å². The topological polar surface area (TPSA) is 72.5 Å². The summed E-state index contributed by atoms with van der Waals surface area (Å²) in [6.45, 7) is 1.47. The van der Waals surface area contributed by atoms with Crippen molar-refractivity contribution in [3.8, 4) is 28.7 Å². The molecule has 0 radical (unpaired) electrons. The Morgan fingerprint density at radius 1 is 0.867 bits per heavy atom. The highest BCUT2D eigenvalue weighted by Crippen LogP contribution is 2.52. The molecule has 0 N–H and O–H groups in total. The second-order valence-electron chi connectivity index (χ2n) is 7.75. The summed E-state index contributed by atoms with van der Waals surface area (Å²) in [6, 6.07) is 7.90. The number of cyclic esters (lactones) is 1. The zero-order valence-electron chi connectivity index (χ0n) is 17.2. The SMILES string of the molecule is COc1cc([C@@H]2c3cc4c(cc3C[C@H]3COC(=O)[C@@H]32)OCCO4)cc(OC)c1OC. The van der Waals surface area contributed by atoms with Crippen molar-refractivity contribution in [2.45, 2.75) is 12.3 Å². The number of carbonyl (C=O) groups is 1. The first kappa shape index (κ1) is 18.9. The molecule has 2 aromatic carbocycles. The van der Waals surface area contributed by atoms with Crippen LogP contribution in [0, 0.1) is 11.8 Å². The summed E-state index contributed by atoms with van der Waals surface area (Å²) in [6.07, 6.45) is 0.767. The van der Waals surface area contributed by atoms with Crippen LogP contribution in [0.1, 0.15) is 22.6 Å². The van der Waals surface area contributed by atoms with E-state index in [2.05, 4.69) is 0 Å². The Morgan fingerprint density at radius 2 is 1.53 bits per heavy atom. The molecule has 0 spiro atoms. The van der Waals surface area contributed by atoms with Gasteiger partial charge in [-0.15, -0.1) is 0 Å². The minimum absolute atomic E-state index is 0.108. The summed E-state index contributed by atoms with van der Waals surface area (Å²) in [5.74, 6) is 2.55. The molecule has 0 aromatic heterocycles. The van der Waals surface area contributed by atoms with Crippen LogP contribution in [-0.2, 0) is 16.0 Å². The fourth-order valence-corrected chi connectivity index (χ4v) is 4.93. The van der Waals surface area contributed by atoms with Crippen molar-refractivity contribution >= 4 is 5.97 Å². The van der Waals surface area contributed by atoms with Gasteiger partial charge in [0.1, 0.15) is 13.2 Å². The van der Waals surface area contributed by atoms with E-state index in [-0.39, 0.29) is 23.7 Å². The molecule has 3 aliphatic rings. The smallest absolute Gasteiger partial charge is 0.310 e. The molecule has 1 fully saturated rings. The van der Waals surface area contributed by atoms with Gasteiger partial charge in [0.2, 0.25) is 5.75 Å². The average Bonchev–Trinajstić information content (AvgIpc) is 3.15. The van der Waals surface area contributed by atoms with Gasteiger partial charge in [-0.3, -0.25) is 4.79 Å². The molecular weight excluding hydrogens is 388 g/mol. The van der Waals surface area contributed by atoms with Gasteiger partial charge in [-0.1, -0.05) is 0 Å². The monoisotopic (exact) mass is 412 g/mol. The predicted molar refractivity (Wildman–Crippen MR) is 107 cm³/mol. The lowest BCUT2D eigenvalue weighted by molar-refractivity contribution is -0.141. The summed E-state index contributed by atoms with van der Waals surface area (Å²) < 4.78 is 33.7. The van der Waals surface area contributed by atoms with Crippen LogP contribution in [0.3, 0.4) is 0 Å². The minimum Gasteiger partial charge on any atom is -0.493 e. The largest absolute Gasteiger partial charge is 0.493 e. The summed E-state index contributed by atoms with van der Waals surface area (Å²) in [5, 5.41) is 0. The normalized spacial score (nSPS) is 23.8. The number of hydrogen-bond acceptors (Lipinski definition) is 7. The van der Waals surface area contributed by atoms with Gasteiger partial charge in [0.15, 0.2) is 23.0 Å². The van der Waals surface area contributed by atoms with Crippen LogP contribution in [0.15, 0.2) is 24.3 Å². The van der Waals surface area contributed by atoms with E-state index in [0.717, 1.165) is 28.9 Å². The quantitative estimate of drug-likeness (QED) is 0.715. The molecule has 0 bridgehead atoms. The summed E-state index contributed by atoms with van der Waals surface area (Å²) in [4.78, 5) is 12.8.